The van der Waals surface area contributed by atoms with Crippen molar-refractivity contribution in [2.24, 2.45) is 0 Å². The second kappa shape index (κ2) is 4.57. The van der Waals surface area contributed by atoms with Crippen LogP contribution in [0.2, 0.25) is 0 Å². The van der Waals surface area contributed by atoms with Gasteiger partial charge in [-0.05, 0) is 5.56 Å². The minimum absolute atomic E-state index is 0.390. The molecule has 0 aliphatic rings. The van der Waals surface area contributed by atoms with Crippen molar-refractivity contribution in [3.8, 4) is 0 Å². The van der Waals surface area contributed by atoms with E-state index in [1.54, 1.807) is 30.3 Å². The molecule has 6 heteroatoms. The van der Waals surface area contributed by atoms with E-state index >= 15 is 0 Å². The van der Waals surface area contributed by atoms with Crippen molar-refractivity contribution in [2.75, 3.05) is 0 Å². The van der Waals surface area contributed by atoms with Crippen molar-refractivity contribution in [1.29, 1.82) is 0 Å². The lowest BCUT2D eigenvalue weighted by molar-refractivity contribution is -0.119. The average molecular weight is 229 g/mol. The van der Waals surface area contributed by atoms with E-state index in [0.29, 0.717) is 5.56 Å². The highest BCUT2D eigenvalue weighted by molar-refractivity contribution is 7.52. The number of nitrogens with one attached hydrogen (secondary N) is 1. The van der Waals surface area contributed by atoms with Gasteiger partial charge in [0.25, 0.3) is 0 Å². The molecule has 0 fully saturated rings. The first-order valence-electron chi connectivity index (χ1n) is 4.28. The molecular weight excluding hydrogens is 217 g/mol. The molecular formula is C9H12NO4P. The smallest absolute Gasteiger partial charge is 0.339 e. The van der Waals surface area contributed by atoms with Crippen molar-refractivity contribution in [3.63, 3.8) is 0 Å². The standard InChI is InChI=1S/C9H12NO4P/c1-7(11)10-9(15(12,13)14)8-5-3-2-4-6-8/h2-6,9H,1H3,(H,10,11)(H2,12,13,14)/t9-/m1/s1. The van der Waals surface area contributed by atoms with Crippen molar-refractivity contribution in [1.82, 2.24) is 5.32 Å². The van der Waals surface area contributed by atoms with E-state index in [4.69, 9.17) is 9.79 Å². The minimum atomic E-state index is -4.38. The van der Waals surface area contributed by atoms with E-state index in [0.717, 1.165) is 0 Å². The first-order valence-corrected chi connectivity index (χ1v) is 5.96. The third kappa shape index (κ3) is 3.47. The summed E-state index contributed by atoms with van der Waals surface area (Å²) in [6, 6.07) is 8.15. The highest BCUT2D eigenvalue weighted by Crippen LogP contribution is 2.49. The van der Waals surface area contributed by atoms with E-state index in [-0.39, 0.29) is 0 Å². The van der Waals surface area contributed by atoms with Crippen LogP contribution < -0.4 is 5.32 Å². The van der Waals surface area contributed by atoms with Crippen LogP contribution in [-0.4, -0.2) is 15.7 Å². The molecule has 0 saturated carbocycles. The van der Waals surface area contributed by atoms with E-state index in [1.165, 1.54) is 6.92 Å². The lowest BCUT2D eigenvalue weighted by Gasteiger charge is -2.19. The van der Waals surface area contributed by atoms with Gasteiger partial charge in [-0.15, -0.1) is 0 Å². The predicted octanol–water partition coefficient (Wildman–Crippen LogP) is 0.999. The summed E-state index contributed by atoms with van der Waals surface area (Å²) in [5, 5.41) is 2.23. The maximum absolute atomic E-state index is 11.1. The second-order valence-electron chi connectivity index (χ2n) is 3.10. The Morgan fingerprint density at radius 2 is 1.87 bits per heavy atom. The third-order valence-electron chi connectivity index (χ3n) is 1.79. The Labute approximate surface area is 87.3 Å². The molecule has 0 aliphatic carbocycles. The van der Waals surface area contributed by atoms with Gasteiger partial charge in [0, 0.05) is 6.92 Å². The van der Waals surface area contributed by atoms with Gasteiger partial charge in [0.1, 0.15) is 0 Å². The molecule has 0 radical (unpaired) electrons. The van der Waals surface area contributed by atoms with Crippen molar-refractivity contribution >= 4 is 13.5 Å². The van der Waals surface area contributed by atoms with Crippen molar-refractivity contribution in [2.45, 2.75) is 12.7 Å². The highest BCUT2D eigenvalue weighted by Gasteiger charge is 2.30. The van der Waals surface area contributed by atoms with Crippen LogP contribution in [0.5, 0.6) is 0 Å². The molecule has 0 aromatic heterocycles. The van der Waals surface area contributed by atoms with Crippen molar-refractivity contribution in [3.05, 3.63) is 35.9 Å². The molecule has 0 unspecified atom stereocenters. The number of amides is 1. The van der Waals surface area contributed by atoms with Crippen molar-refractivity contribution < 1.29 is 19.1 Å². The zero-order valence-corrected chi connectivity index (χ0v) is 9.02. The fourth-order valence-corrected chi connectivity index (χ4v) is 2.10. The van der Waals surface area contributed by atoms with Gasteiger partial charge in [0.2, 0.25) is 5.91 Å². The molecule has 5 nitrogen and oxygen atoms in total. The minimum Gasteiger partial charge on any atom is -0.339 e. The Bertz CT molecular complexity index is 386. The summed E-state index contributed by atoms with van der Waals surface area (Å²) in [5.41, 5.74) is 0.390. The second-order valence-corrected chi connectivity index (χ2v) is 4.80. The summed E-state index contributed by atoms with van der Waals surface area (Å²) in [4.78, 5) is 29.0. The van der Waals surface area contributed by atoms with Gasteiger partial charge in [-0.1, -0.05) is 30.3 Å². The largest absolute Gasteiger partial charge is 0.352 e. The van der Waals surface area contributed by atoms with Crippen LogP contribution in [0.3, 0.4) is 0 Å². The summed E-state index contributed by atoms with van der Waals surface area (Å²) in [7, 11) is -4.38. The number of carbonyl (C=O) groups is 1. The highest BCUT2D eigenvalue weighted by atomic mass is 31.2. The van der Waals surface area contributed by atoms with E-state index < -0.39 is 19.3 Å². The van der Waals surface area contributed by atoms with Gasteiger partial charge in [-0.2, -0.15) is 0 Å². The predicted molar refractivity (Wildman–Crippen MR) is 55.0 cm³/mol. The molecule has 0 heterocycles. The van der Waals surface area contributed by atoms with Crippen LogP contribution in [0.4, 0.5) is 0 Å². The third-order valence-corrected chi connectivity index (χ3v) is 2.89. The summed E-state index contributed by atoms with van der Waals surface area (Å²) in [6.07, 6.45) is 0. The maximum atomic E-state index is 11.1. The zero-order valence-electron chi connectivity index (χ0n) is 8.12. The molecule has 0 spiro atoms. The number of rotatable bonds is 3. The Balaban J connectivity index is 3.02. The van der Waals surface area contributed by atoms with Gasteiger partial charge in [-0.25, -0.2) is 0 Å². The molecule has 0 bridgehead atoms. The van der Waals surface area contributed by atoms with Crippen LogP contribution in [0.25, 0.3) is 0 Å². The molecule has 15 heavy (non-hydrogen) atoms. The zero-order chi connectivity index (χ0) is 11.5. The van der Waals surface area contributed by atoms with Crippen LogP contribution in [-0.2, 0) is 9.36 Å². The lowest BCUT2D eigenvalue weighted by atomic mass is 10.2. The molecule has 1 rings (SSSR count). The molecule has 3 N–H and O–H groups in total. The summed E-state index contributed by atoms with van der Waals surface area (Å²) in [6.45, 7) is 1.21. The number of hydrogen-bond donors (Lipinski definition) is 3. The first kappa shape index (κ1) is 11.9. The van der Waals surface area contributed by atoms with Crippen LogP contribution in [0.15, 0.2) is 30.3 Å². The van der Waals surface area contributed by atoms with Crippen LogP contribution in [0, 0.1) is 0 Å². The number of benzene rings is 1. The van der Waals surface area contributed by atoms with Gasteiger partial charge in [0.05, 0.1) is 0 Å². The fraction of sp³-hybridized carbons (Fsp3) is 0.222. The Hall–Kier alpha value is -1.16. The van der Waals surface area contributed by atoms with Gasteiger partial charge >= 0.3 is 7.60 Å². The van der Waals surface area contributed by atoms with Gasteiger partial charge in [0.15, 0.2) is 5.78 Å². The monoisotopic (exact) mass is 229 g/mol. The summed E-state index contributed by atoms with van der Waals surface area (Å²) < 4.78 is 11.1. The number of hydrogen-bond acceptors (Lipinski definition) is 2. The molecule has 82 valence electrons. The van der Waals surface area contributed by atoms with E-state index in [2.05, 4.69) is 5.32 Å². The Kier molecular flexibility index (Phi) is 3.63. The molecule has 1 atom stereocenters. The number of carbonyl (C=O) groups excluding carboxylic acids is 1. The fourth-order valence-electron chi connectivity index (χ4n) is 1.19. The van der Waals surface area contributed by atoms with Gasteiger partial charge in [-0.3, -0.25) is 9.36 Å². The quantitative estimate of drug-likeness (QED) is 0.675. The summed E-state index contributed by atoms with van der Waals surface area (Å²) >= 11 is 0. The normalized spacial score (nSPS) is 13.3. The summed E-state index contributed by atoms with van der Waals surface area (Å²) in [5.74, 6) is -1.75. The molecule has 0 aliphatic heterocycles. The Morgan fingerprint density at radius 1 is 1.33 bits per heavy atom. The molecule has 1 aromatic rings. The van der Waals surface area contributed by atoms with Gasteiger partial charge < -0.3 is 15.1 Å². The molecule has 0 saturated heterocycles. The molecule has 1 aromatic carbocycles. The SMILES string of the molecule is CC(=O)N[C@@H](c1ccccc1)P(=O)(O)O. The maximum Gasteiger partial charge on any atom is 0.352 e. The van der Waals surface area contributed by atoms with Crippen LogP contribution >= 0.6 is 7.60 Å². The lowest BCUT2D eigenvalue weighted by Crippen LogP contribution is -2.25. The topological polar surface area (TPSA) is 86.6 Å². The Morgan fingerprint density at radius 3 is 2.27 bits per heavy atom. The average Bonchev–Trinajstić information content (AvgIpc) is 2.14. The van der Waals surface area contributed by atoms with Crippen LogP contribution in [0.1, 0.15) is 18.3 Å². The molecule has 1 amide bonds. The first-order chi connectivity index (χ1) is 6.91. The van der Waals surface area contributed by atoms with E-state index in [1.807, 2.05) is 0 Å². The van der Waals surface area contributed by atoms with E-state index in [9.17, 15) is 9.36 Å².